The minimum Gasteiger partial charge on any atom is -0.487 e. The van der Waals surface area contributed by atoms with Gasteiger partial charge in [-0.2, -0.15) is 4.31 Å². The molecule has 3 atom stereocenters. The highest BCUT2D eigenvalue weighted by Gasteiger charge is 2.38. The number of rotatable bonds is 5. The number of benzene rings is 1. The quantitative estimate of drug-likeness (QED) is 0.652. The minimum atomic E-state index is -3.93. The molecule has 1 aliphatic heterocycles. The Hall–Kier alpha value is -2.93. The smallest absolute Gasteiger partial charge is 0.247 e. The molecule has 0 fully saturated rings. The summed E-state index contributed by atoms with van der Waals surface area (Å²) < 4.78 is 34.6. The minimum absolute atomic E-state index is 0.0149. The average Bonchev–Trinajstić information content (AvgIpc) is 2.84. The highest BCUT2D eigenvalue weighted by molar-refractivity contribution is 7.89. The van der Waals surface area contributed by atoms with E-state index in [9.17, 15) is 18.3 Å². The summed E-state index contributed by atoms with van der Waals surface area (Å²) in [4.78, 5) is 17.9. The summed E-state index contributed by atoms with van der Waals surface area (Å²) in [5.74, 6) is 5.96. The molecule has 0 saturated heterocycles. The third kappa shape index (κ3) is 5.76. The number of aromatic nitrogens is 1. The number of carbonyl (C=O) groups is 1. The van der Waals surface area contributed by atoms with Gasteiger partial charge in [0.05, 0.1) is 13.2 Å². The fraction of sp³-hybridized carbons (Fsp3) is 0.440. The van der Waals surface area contributed by atoms with Crippen LogP contribution in [-0.2, 0) is 14.8 Å². The van der Waals surface area contributed by atoms with E-state index >= 15 is 0 Å². The summed E-state index contributed by atoms with van der Waals surface area (Å²) in [5, 5.41) is 9.74. The van der Waals surface area contributed by atoms with Crippen molar-refractivity contribution in [2.45, 2.75) is 44.2 Å². The van der Waals surface area contributed by atoms with Gasteiger partial charge in [-0.1, -0.05) is 25.7 Å². The predicted molar refractivity (Wildman–Crippen MR) is 129 cm³/mol. The maximum Gasteiger partial charge on any atom is 0.247 e. The molecule has 0 saturated carbocycles. The Bertz CT molecular complexity index is 1170. The maximum atomic E-state index is 13.5. The Morgan fingerprint density at radius 3 is 2.71 bits per heavy atom. The lowest BCUT2D eigenvalue weighted by Crippen LogP contribution is -2.50. The molecule has 9 heteroatoms. The Kier molecular flexibility index (Phi) is 8.31. The lowest BCUT2D eigenvalue weighted by atomic mass is 10.0. The largest absolute Gasteiger partial charge is 0.487 e. The Morgan fingerprint density at radius 2 is 2.06 bits per heavy atom. The van der Waals surface area contributed by atoms with E-state index < -0.39 is 22.2 Å². The van der Waals surface area contributed by atoms with Crippen LogP contribution >= 0.6 is 0 Å². The van der Waals surface area contributed by atoms with Crippen LogP contribution in [0.4, 0.5) is 0 Å². The lowest BCUT2D eigenvalue weighted by Gasteiger charge is -2.37. The van der Waals surface area contributed by atoms with E-state index in [1.165, 1.54) is 10.4 Å². The third-order valence-electron chi connectivity index (χ3n) is 5.86. The first kappa shape index (κ1) is 25.7. The maximum absolute atomic E-state index is 13.5. The first-order valence-corrected chi connectivity index (χ1v) is 12.7. The zero-order chi connectivity index (χ0) is 24.9. The molecule has 34 heavy (non-hydrogen) atoms. The number of sulfonamides is 1. The zero-order valence-electron chi connectivity index (χ0n) is 19.9. The van der Waals surface area contributed by atoms with Gasteiger partial charge in [0.1, 0.15) is 16.7 Å². The molecule has 3 rings (SSSR count). The average molecular weight is 486 g/mol. The number of fused-ring (bicyclic) bond motifs is 1. The van der Waals surface area contributed by atoms with Crippen LogP contribution in [0, 0.1) is 17.8 Å². The van der Waals surface area contributed by atoms with Crippen molar-refractivity contribution in [1.29, 1.82) is 0 Å². The van der Waals surface area contributed by atoms with Gasteiger partial charge in [-0.3, -0.25) is 9.78 Å². The van der Waals surface area contributed by atoms with Crippen LogP contribution in [-0.4, -0.2) is 72.5 Å². The Balaban J connectivity index is 2.06. The number of aliphatic hydroxyl groups is 1. The molecule has 0 radical (unpaired) electrons. The summed E-state index contributed by atoms with van der Waals surface area (Å²) in [5.41, 5.74) is 1.32. The zero-order valence-corrected chi connectivity index (χ0v) is 20.7. The number of hydrogen-bond donors (Lipinski definition) is 1. The lowest BCUT2D eigenvalue weighted by molar-refractivity contribution is -0.131. The van der Waals surface area contributed by atoms with Crippen LogP contribution in [0.2, 0.25) is 0 Å². The van der Waals surface area contributed by atoms with Crippen molar-refractivity contribution in [3.63, 3.8) is 0 Å². The van der Waals surface area contributed by atoms with Crippen molar-refractivity contribution in [2.75, 3.05) is 26.7 Å². The molecular formula is C25H31N3O5S. The molecule has 0 bridgehead atoms. The van der Waals surface area contributed by atoms with Crippen molar-refractivity contribution in [1.82, 2.24) is 14.2 Å². The van der Waals surface area contributed by atoms with E-state index in [4.69, 9.17) is 4.74 Å². The number of nitrogens with zero attached hydrogens (tertiary/aromatic N) is 3. The molecule has 8 nitrogen and oxygen atoms in total. The van der Waals surface area contributed by atoms with Crippen LogP contribution in [0.5, 0.6) is 5.75 Å². The molecule has 182 valence electrons. The van der Waals surface area contributed by atoms with E-state index in [-0.39, 0.29) is 35.6 Å². The van der Waals surface area contributed by atoms with Crippen molar-refractivity contribution >= 4 is 15.9 Å². The van der Waals surface area contributed by atoms with Gasteiger partial charge in [-0.15, -0.1) is 0 Å². The van der Waals surface area contributed by atoms with Crippen LogP contribution in [0.15, 0.2) is 47.6 Å². The van der Waals surface area contributed by atoms with Gasteiger partial charge in [0, 0.05) is 55.5 Å². The van der Waals surface area contributed by atoms with Gasteiger partial charge in [0.2, 0.25) is 15.9 Å². The second-order valence-electron chi connectivity index (χ2n) is 8.52. The van der Waals surface area contributed by atoms with E-state index in [1.807, 2.05) is 13.0 Å². The van der Waals surface area contributed by atoms with Crippen molar-refractivity contribution in [2.24, 2.45) is 5.92 Å². The molecule has 0 spiro atoms. The van der Waals surface area contributed by atoms with Gasteiger partial charge in [0.15, 0.2) is 0 Å². The van der Waals surface area contributed by atoms with E-state index in [0.29, 0.717) is 18.5 Å². The SMILES string of the molecule is CCC(=O)N(C)C[C@H]1Oc2cc(C#Cc3cccnc3)ccc2S(=O)(=O)N([C@@H](C)CO)C[C@H]1C. The first-order valence-electron chi connectivity index (χ1n) is 11.3. The summed E-state index contributed by atoms with van der Waals surface area (Å²) in [6.45, 7) is 5.50. The highest BCUT2D eigenvalue weighted by Crippen LogP contribution is 2.34. The fourth-order valence-corrected chi connectivity index (χ4v) is 5.57. The fourth-order valence-electron chi connectivity index (χ4n) is 3.74. The summed E-state index contributed by atoms with van der Waals surface area (Å²) in [6.07, 6.45) is 3.22. The van der Waals surface area contributed by atoms with Crippen molar-refractivity contribution in [3.05, 3.63) is 53.9 Å². The number of amides is 1. The first-order chi connectivity index (χ1) is 16.2. The van der Waals surface area contributed by atoms with Crippen LogP contribution < -0.4 is 4.74 Å². The van der Waals surface area contributed by atoms with Crippen LogP contribution in [0.1, 0.15) is 38.3 Å². The molecule has 1 aromatic heterocycles. The number of ether oxygens (including phenoxy) is 1. The Labute approximate surface area is 201 Å². The number of aliphatic hydroxyl groups excluding tert-OH is 1. The second kappa shape index (κ2) is 11.0. The number of pyridine rings is 1. The van der Waals surface area contributed by atoms with Gasteiger partial charge in [-0.05, 0) is 37.3 Å². The standard InChI is InChI=1S/C25H31N3O5S/c1-5-25(30)27(4)16-23-18(2)15-28(19(3)17-29)34(31,32)24-11-10-20(13-22(24)33-23)8-9-21-7-6-12-26-14-21/h6-7,10-14,18-19,23,29H,5,15-17H2,1-4H3/t18-,19+,23-/m1/s1. The predicted octanol–water partition coefficient (Wildman–Crippen LogP) is 2.12. The molecule has 1 aromatic carbocycles. The number of carbonyl (C=O) groups excluding carboxylic acids is 1. The van der Waals surface area contributed by atoms with Gasteiger partial charge in [-0.25, -0.2) is 8.42 Å². The summed E-state index contributed by atoms with van der Waals surface area (Å²) in [7, 11) is -2.22. The van der Waals surface area contributed by atoms with E-state index in [0.717, 1.165) is 5.56 Å². The van der Waals surface area contributed by atoms with Crippen LogP contribution in [0.3, 0.4) is 0 Å². The monoisotopic (exact) mass is 485 g/mol. The molecule has 0 unspecified atom stereocenters. The van der Waals surface area contributed by atoms with Gasteiger partial charge in [0.25, 0.3) is 0 Å². The number of hydrogen-bond acceptors (Lipinski definition) is 6. The number of likely N-dealkylation sites (N-methyl/N-ethyl adjacent to an activating group) is 1. The van der Waals surface area contributed by atoms with E-state index in [2.05, 4.69) is 16.8 Å². The molecule has 1 N–H and O–H groups in total. The summed E-state index contributed by atoms with van der Waals surface area (Å²) >= 11 is 0. The molecule has 2 aromatic rings. The molecule has 1 aliphatic rings. The molecule has 2 heterocycles. The molecule has 0 aliphatic carbocycles. The van der Waals surface area contributed by atoms with E-state index in [1.54, 1.807) is 56.4 Å². The van der Waals surface area contributed by atoms with Gasteiger partial charge >= 0.3 is 0 Å². The summed E-state index contributed by atoms with van der Waals surface area (Å²) in [6, 6.07) is 7.75. The van der Waals surface area contributed by atoms with Gasteiger partial charge < -0.3 is 14.7 Å². The topological polar surface area (TPSA) is 100 Å². The molecular weight excluding hydrogens is 454 g/mol. The second-order valence-corrected chi connectivity index (χ2v) is 10.4. The highest BCUT2D eigenvalue weighted by atomic mass is 32.2. The Morgan fingerprint density at radius 1 is 1.32 bits per heavy atom. The normalized spacial score (nSPS) is 20.5. The van der Waals surface area contributed by atoms with Crippen LogP contribution in [0.25, 0.3) is 0 Å². The molecule has 1 amide bonds. The van der Waals surface area contributed by atoms with Crippen molar-refractivity contribution in [3.8, 4) is 17.6 Å². The van der Waals surface area contributed by atoms with Crippen molar-refractivity contribution < 1.29 is 23.1 Å². The third-order valence-corrected chi connectivity index (χ3v) is 7.88.